The third-order valence-corrected chi connectivity index (χ3v) is 4.74. The van der Waals surface area contributed by atoms with Crippen molar-refractivity contribution in [1.29, 1.82) is 0 Å². The number of aromatic nitrogens is 2. The fraction of sp³-hybridized carbons (Fsp3) is 0.529. The second kappa shape index (κ2) is 6.58. The van der Waals surface area contributed by atoms with Crippen molar-refractivity contribution in [2.45, 2.75) is 37.7 Å². The molecule has 0 amide bonds. The number of methoxy groups -OCH3 is 1. The summed E-state index contributed by atoms with van der Waals surface area (Å²) in [5.41, 5.74) is 7.46. The third-order valence-electron chi connectivity index (χ3n) is 4.74. The van der Waals surface area contributed by atoms with Gasteiger partial charge in [-0.1, -0.05) is 0 Å². The SMILES string of the molecule is COc1ccc2nccc(CC(F)N3CCC(C)(N)C(O)C3)c2n1. The maximum absolute atomic E-state index is 14.8. The number of piperidine rings is 1. The first kappa shape index (κ1) is 17.0. The van der Waals surface area contributed by atoms with Gasteiger partial charge in [-0.05, 0) is 31.0 Å². The Balaban J connectivity index is 1.79. The first-order chi connectivity index (χ1) is 11.4. The topological polar surface area (TPSA) is 84.5 Å². The summed E-state index contributed by atoms with van der Waals surface area (Å²) in [4.78, 5) is 10.3. The lowest BCUT2D eigenvalue weighted by Gasteiger charge is -2.42. The van der Waals surface area contributed by atoms with Crippen molar-refractivity contribution < 1.29 is 14.2 Å². The average molecular weight is 334 g/mol. The molecule has 1 saturated heterocycles. The number of hydrogen-bond acceptors (Lipinski definition) is 6. The van der Waals surface area contributed by atoms with Crippen molar-refractivity contribution in [3.63, 3.8) is 0 Å². The van der Waals surface area contributed by atoms with Gasteiger partial charge in [-0.15, -0.1) is 0 Å². The standard InChI is InChI=1S/C17H23FN4O2/c1-17(19)6-8-22(10-13(17)23)14(18)9-11-5-7-20-12-3-4-15(24-2)21-16(11)12/h3-5,7,13-14,23H,6,8-10,19H2,1-2H3. The number of β-amino-alcohol motifs (C(OH)–C–C–N with tert-alkyl or cyclic N) is 1. The normalized spacial score (nSPS) is 26.5. The van der Waals surface area contributed by atoms with E-state index in [4.69, 9.17) is 10.5 Å². The van der Waals surface area contributed by atoms with Gasteiger partial charge in [0.25, 0.3) is 0 Å². The molecule has 0 aromatic carbocycles. The molecule has 3 atom stereocenters. The molecule has 7 heteroatoms. The zero-order valence-electron chi connectivity index (χ0n) is 13.9. The van der Waals surface area contributed by atoms with Crippen molar-refractivity contribution in [1.82, 2.24) is 14.9 Å². The molecule has 3 rings (SSSR count). The van der Waals surface area contributed by atoms with Crippen LogP contribution in [0.3, 0.4) is 0 Å². The molecular formula is C17H23FN4O2. The zero-order valence-corrected chi connectivity index (χ0v) is 13.9. The van der Waals surface area contributed by atoms with E-state index in [0.717, 1.165) is 5.56 Å². The average Bonchev–Trinajstić information content (AvgIpc) is 2.57. The van der Waals surface area contributed by atoms with E-state index in [-0.39, 0.29) is 13.0 Å². The number of halogens is 1. The van der Waals surface area contributed by atoms with E-state index in [9.17, 15) is 9.50 Å². The van der Waals surface area contributed by atoms with Gasteiger partial charge in [0.1, 0.15) is 0 Å². The summed E-state index contributed by atoms with van der Waals surface area (Å²) in [6.45, 7) is 2.55. The summed E-state index contributed by atoms with van der Waals surface area (Å²) in [5, 5.41) is 10.1. The quantitative estimate of drug-likeness (QED) is 0.819. The van der Waals surface area contributed by atoms with Crippen LogP contribution in [0.4, 0.5) is 4.39 Å². The van der Waals surface area contributed by atoms with Crippen LogP contribution < -0.4 is 10.5 Å². The van der Waals surface area contributed by atoms with E-state index in [2.05, 4.69) is 9.97 Å². The van der Waals surface area contributed by atoms with E-state index >= 15 is 0 Å². The highest BCUT2D eigenvalue weighted by molar-refractivity contribution is 5.78. The van der Waals surface area contributed by atoms with Crippen LogP contribution in [-0.2, 0) is 6.42 Å². The first-order valence-electron chi connectivity index (χ1n) is 8.04. The minimum Gasteiger partial charge on any atom is -0.481 e. The monoisotopic (exact) mass is 334 g/mol. The zero-order chi connectivity index (χ0) is 17.3. The van der Waals surface area contributed by atoms with Crippen molar-refractivity contribution >= 4 is 11.0 Å². The number of nitrogens with zero attached hydrogens (tertiary/aromatic N) is 3. The van der Waals surface area contributed by atoms with Crippen LogP contribution in [0.1, 0.15) is 18.9 Å². The molecule has 2 aromatic heterocycles. The van der Waals surface area contributed by atoms with Gasteiger partial charge in [0.15, 0.2) is 6.30 Å². The van der Waals surface area contributed by atoms with E-state index in [1.54, 1.807) is 37.3 Å². The molecule has 1 fully saturated rings. The third kappa shape index (κ3) is 3.33. The molecule has 2 aromatic rings. The number of alkyl halides is 1. The molecular weight excluding hydrogens is 311 g/mol. The molecule has 0 bridgehead atoms. The number of likely N-dealkylation sites (tertiary alicyclic amines) is 1. The van der Waals surface area contributed by atoms with Gasteiger partial charge < -0.3 is 15.6 Å². The highest BCUT2D eigenvalue weighted by atomic mass is 19.1. The van der Waals surface area contributed by atoms with Crippen molar-refractivity contribution in [3.05, 3.63) is 30.0 Å². The summed E-state index contributed by atoms with van der Waals surface area (Å²) < 4.78 is 19.9. The van der Waals surface area contributed by atoms with Gasteiger partial charge in [0.2, 0.25) is 5.88 Å². The summed E-state index contributed by atoms with van der Waals surface area (Å²) in [6, 6.07) is 5.31. The molecule has 130 valence electrons. The highest BCUT2D eigenvalue weighted by Gasteiger charge is 2.37. The Morgan fingerprint density at radius 1 is 1.50 bits per heavy atom. The van der Waals surface area contributed by atoms with Crippen molar-refractivity contribution in [3.8, 4) is 5.88 Å². The van der Waals surface area contributed by atoms with Crippen LogP contribution in [0, 0.1) is 0 Å². The number of aliphatic hydroxyl groups is 1. The number of rotatable bonds is 4. The fourth-order valence-electron chi connectivity index (χ4n) is 2.98. The lowest BCUT2D eigenvalue weighted by Crippen LogP contribution is -2.60. The Kier molecular flexibility index (Phi) is 4.67. The Labute approximate surface area is 140 Å². The van der Waals surface area contributed by atoms with Crippen molar-refractivity contribution in [2.75, 3.05) is 20.2 Å². The molecule has 3 N–H and O–H groups in total. The number of nitrogens with two attached hydrogens (primary N) is 1. The second-order valence-corrected chi connectivity index (χ2v) is 6.60. The summed E-state index contributed by atoms with van der Waals surface area (Å²) >= 11 is 0. The Morgan fingerprint density at radius 3 is 3.00 bits per heavy atom. The number of hydrogen-bond donors (Lipinski definition) is 2. The molecule has 1 aliphatic rings. The maximum atomic E-state index is 14.8. The number of fused-ring (bicyclic) bond motifs is 1. The van der Waals surface area contributed by atoms with Crippen LogP contribution in [0.2, 0.25) is 0 Å². The predicted molar refractivity (Wildman–Crippen MR) is 89.5 cm³/mol. The molecule has 0 radical (unpaired) electrons. The molecule has 3 heterocycles. The molecule has 0 aliphatic carbocycles. The molecule has 24 heavy (non-hydrogen) atoms. The van der Waals surface area contributed by atoms with E-state index < -0.39 is 17.9 Å². The number of pyridine rings is 2. The summed E-state index contributed by atoms with van der Waals surface area (Å²) in [5.74, 6) is 0.472. The van der Waals surface area contributed by atoms with Gasteiger partial charge in [0.05, 0.1) is 24.2 Å². The van der Waals surface area contributed by atoms with Crippen molar-refractivity contribution in [2.24, 2.45) is 5.73 Å². The lowest BCUT2D eigenvalue weighted by molar-refractivity contribution is -0.0351. The Morgan fingerprint density at radius 2 is 2.29 bits per heavy atom. The van der Waals surface area contributed by atoms with Crippen LogP contribution in [-0.4, -0.2) is 58.1 Å². The molecule has 1 aliphatic heterocycles. The van der Waals surface area contributed by atoms with Gasteiger partial charge in [-0.25, -0.2) is 9.37 Å². The fourth-order valence-corrected chi connectivity index (χ4v) is 2.98. The highest BCUT2D eigenvalue weighted by Crippen LogP contribution is 2.25. The Bertz CT molecular complexity index is 725. The van der Waals surface area contributed by atoms with Gasteiger partial charge in [0, 0.05) is 37.3 Å². The smallest absolute Gasteiger partial charge is 0.213 e. The van der Waals surface area contributed by atoms with E-state index in [1.165, 1.54) is 0 Å². The molecule has 0 saturated carbocycles. The Hall–Kier alpha value is -1.83. The minimum absolute atomic E-state index is 0.174. The predicted octanol–water partition coefficient (Wildman–Crippen LogP) is 1.26. The minimum atomic E-state index is -1.21. The molecule has 3 unspecified atom stereocenters. The lowest BCUT2D eigenvalue weighted by atomic mass is 9.88. The molecule has 6 nitrogen and oxygen atoms in total. The van der Waals surface area contributed by atoms with Gasteiger partial charge in [-0.2, -0.15) is 0 Å². The number of aliphatic hydroxyl groups excluding tert-OH is 1. The van der Waals surface area contributed by atoms with Gasteiger partial charge >= 0.3 is 0 Å². The van der Waals surface area contributed by atoms with E-state index in [1.807, 2.05) is 6.07 Å². The largest absolute Gasteiger partial charge is 0.481 e. The first-order valence-corrected chi connectivity index (χ1v) is 8.04. The number of ether oxygens (including phenoxy) is 1. The van der Waals surface area contributed by atoms with Crippen LogP contribution in [0.25, 0.3) is 11.0 Å². The van der Waals surface area contributed by atoms with Crippen LogP contribution >= 0.6 is 0 Å². The van der Waals surface area contributed by atoms with Crippen LogP contribution in [0.15, 0.2) is 24.4 Å². The molecule has 0 spiro atoms. The maximum Gasteiger partial charge on any atom is 0.213 e. The summed E-state index contributed by atoms with van der Waals surface area (Å²) in [7, 11) is 1.54. The second-order valence-electron chi connectivity index (χ2n) is 6.60. The van der Waals surface area contributed by atoms with Crippen LogP contribution in [0.5, 0.6) is 5.88 Å². The summed E-state index contributed by atoms with van der Waals surface area (Å²) in [6.07, 6.45) is 0.428. The van der Waals surface area contributed by atoms with Gasteiger partial charge in [-0.3, -0.25) is 9.88 Å². The van der Waals surface area contributed by atoms with E-state index in [0.29, 0.717) is 29.9 Å².